The highest BCUT2D eigenvalue weighted by Crippen LogP contribution is 2.19. The molecule has 1 N–H and O–H groups in total. The first-order valence-corrected chi connectivity index (χ1v) is 10.3. The molecule has 7 heteroatoms. The molecule has 0 aliphatic carbocycles. The smallest absolute Gasteiger partial charge is 0.317 e. The lowest BCUT2D eigenvalue weighted by Gasteiger charge is -2.18. The van der Waals surface area contributed by atoms with Crippen LogP contribution in [0.25, 0.3) is 10.8 Å². The van der Waals surface area contributed by atoms with Gasteiger partial charge in [-0.3, -0.25) is 9.59 Å². The van der Waals surface area contributed by atoms with Gasteiger partial charge < -0.3 is 15.0 Å². The van der Waals surface area contributed by atoms with Crippen LogP contribution in [0.3, 0.4) is 0 Å². The number of fused-ring (bicyclic) bond motifs is 1. The minimum absolute atomic E-state index is 0.114. The first-order chi connectivity index (χ1) is 13.0. The van der Waals surface area contributed by atoms with Crippen molar-refractivity contribution in [1.29, 1.82) is 0 Å². The van der Waals surface area contributed by atoms with Gasteiger partial charge in [0.2, 0.25) is 0 Å². The van der Waals surface area contributed by atoms with Gasteiger partial charge in [0.1, 0.15) is 4.32 Å². The third kappa shape index (κ3) is 5.43. The van der Waals surface area contributed by atoms with Crippen molar-refractivity contribution >= 4 is 56.6 Å². The molecule has 0 saturated carbocycles. The van der Waals surface area contributed by atoms with Crippen molar-refractivity contribution in [2.75, 3.05) is 24.2 Å². The fourth-order valence-corrected chi connectivity index (χ4v) is 3.94. The van der Waals surface area contributed by atoms with E-state index in [4.69, 9.17) is 17.0 Å². The highest BCUT2D eigenvalue weighted by molar-refractivity contribution is 8.23. The number of amides is 1. The van der Waals surface area contributed by atoms with Gasteiger partial charge in [0.05, 0.1) is 5.75 Å². The van der Waals surface area contributed by atoms with Crippen molar-refractivity contribution in [3.63, 3.8) is 0 Å². The quantitative estimate of drug-likeness (QED) is 0.606. The second kappa shape index (κ2) is 9.19. The first kappa shape index (κ1) is 19.6. The zero-order chi connectivity index (χ0) is 19.2. The Morgan fingerprint density at radius 1 is 1.19 bits per heavy atom. The zero-order valence-corrected chi connectivity index (χ0v) is 16.8. The fraction of sp³-hybridized carbons (Fsp3) is 0.350. The number of anilines is 1. The first-order valence-electron chi connectivity index (χ1n) is 8.94. The molecule has 1 atom stereocenters. The number of hydrogen-bond donors (Lipinski definition) is 1. The van der Waals surface area contributed by atoms with Crippen LogP contribution in [0, 0.1) is 0 Å². The number of hydrogen-bond acceptors (Lipinski definition) is 5. The summed E-state index contributed by atoms with van der Waals surface area (Å²) in [6, 6.07) is 13.6. The highest BCUT2D eigenvalue weighted by Gasteiger charge is 2.20. The molecule has 0 aromatic heterocycles. The summed E-state index contributed by atoms with van der Waals surface area (Å²) in [7, 11) is 0. The van der Waals surface area contributed by atoms with Gasteiger partial charge in [0.15, 0.2) is 6.10 Å². The minimum Gasteiger partial charge on any atom is -0.452 e. The second-order valence-electron chi connectivity index (χ2n) is 6.43. The lowest BCUT2D eigenvalue weighted by atomic mass is 10.1. The van der Waals surface area contributed by atoms with E-state index in [1.165, 1.54) is 11.8 Å². The van der Waals surface area contributed by atoms with E-state index >= 15 is 0 Å². The standard InChI is InChI=1S/C20H22N2O3S2/c1-14(25-18(23)13-27-20(26)22-10-4-5-11-22)19(24)21-17-9-8-15-6-2-3-7-16(15)12-17/h2-3,6-9,12,14H,4-5,10-11,13H2,1H3,(H,21,24)/t14-/m0/s1. The van der Waals surface area contributed by atoms with Crippen molar-refractivity contribution in [3.05, 3.63) is 42.5 Å². The van der Waals surface area contributed by atoms with Gasteiger partial charge in [-0.1, -0.05) is 54.3 Å². The summed E-state index contributed by atoms with van der Waals surface area (Å²) < 4.78 is 5.96. The topological polar surface area (TPSA) is 58.6 Å². The molecule has 1 fully saturated rings. The van der Waals surface area contributed by atoms with Crippen molar-refractivity contribution in [1.82, 2.24) is 4.90 Å². The van der Waals surface area contributed by atoms with E-state index in [0.29, 0.717) is 5.69 Å². The Morgan fingerprint density at radius 3 is 2.63 bits per heavy atom. The average Bonchev–Trinajstić information content (AvgIpc) is 3.21. The molecule has 2 aromatic rings. The van der Waals surface area contributed by atoms with Crippen LogP contribution in [-0.4, -0.2) is 46.0 Å². The molecule has 0 spiro atoms. The maximum absolute atomic E-state index is 12.3. The summed E-state index contributed by atoms with van der Waals surface area (Å²) in [5, 5.41) is 4.92. The summed E-state index contributed by atoms with van der Waals surface area (Å²) in [5.41, 5.74) is 0.672. The fourth-order valence-electron chi connectivity index (χ4n) is 2.91. The maximum Gasteiger partial charge on any atom is 0.317 e. The van der Waals surface area contributed by atoms with E-state index in [1.807, 2.05) is 42.5 Å². The molecule has 0 bridgehead atoms. The average molecular weight is 403 g/mol. The summed E-state index contributed by atoms with van der Waals surface area (Å²) >= 11 is 6.62. The predicted molar refractivity (Wildman–Crippen MR) is 114 cm³/mol. The number of likely N-dealkylation sites (tertiary alicyclic amines) is 1. The lowest BCUT2D eigenvalue weighted by molar-refractivity contribution is -0.150. The number of carbonyl (C=O) groups is 2. The molecule has 1 heterocycles. The molecule has 1 aliphatic heterocycles. The Hall–Kier alpha value is -2.12. The van der Waals surface area contributed by atoms with Crippen LogP contribution in [0.5, 0.6) is 0 Å². The number of benzene rings is 2. The van der Waals surface area contributed by atoms with E-state index < -0.39 is 12.1 Å². The normalized spacial score (nSPS) is 14.8. The van der Waals surface area contributed by atoms with Crippen molar-refractivity contribution < 1.29 is 14.3 Å². The summed E-state index contributed by atoms with van der Waals surface area (Å²) in [5.74, 6) is -0.684. The van der Waals surface area contributed by atoms with E-state index in [1.54, 1.807) is 6.92 Å². The number of rotatable bonds is 5. The Balaban J connectivity index is 1.47. The number of carbonyl (C=O) groups excluding carboxylic acids is 2. The van der Waals surface area contributed by atoms with Gasteiger partial charge in [0.25, 0.3) is 5.91 Å². The molecule has 2 aromatic carbocycles. The number of thiocarbonyl (C=S) groups is 1. The Morgan fingerprint density at radius 2 is 1.89 bits per heavy atom. The molecule has 27 heavy (non-hydrogen) atoms. The molecule has 3 rings (SSSR count). The Kier molecular flexibility index (Phi) is 6.68. The van der Waals surface area contributed by atoms with Crippen molar-refractivity contribution in [3.8, 4) is 0 Å². The third-order valence-corrected chi connectivity index (χ3v) is 5.87. The molecular formula is C20H22N2O3S2. The summed E-state index contributed by atoms with van der Waals surface area (Å²) in [6.07, 6.45) is 1.40. The SMILES string of the molecule is C[C@H](OC(=O)CSC(=S)N1CCCC1)C(=O)Nc1ccc2ccccc2c1. The Labute approximate surface area is 168 Å². The third-order valence-electron chi connectivity index (χ3n) is 4.37. The molecule has 0 unspecified atom stereocenters. The van der Waals surface area contributed by atoms with Gasteiger partial charge in [0, 0.05) is 18.8 Å². The van der Waals surface area contributed by atoms with E-state index in [-0.39, 0.29) is 11.7 Å². The van der Waals surface area contributed by atoms with Crippen LogP contribution in [0.2, 0.25) is 0 Å². The molecule has 142 valence electrons. The van der Waals surface area contributed by atoms with Crippen LogP contribution in [-0.2, 0) is 14.3 Å². The molecule has 1 saturated heterocycles. The van der Waals surface area contributed by atoms with Crippen LogP contribution in [0.1, 0.15) is 19.8 Å². The predicted octanol–water partition coefficient (Wildman–Crippen LogP) is 3.82. The van der Waals surface area contributed by atoms with Gasteiger partial charge in [-0.05, 0) is 42.7 Å². The highest BCUT2D eigenvalue weighted by atomic mass is 32.2. The van der Waals surface area contributed by atoms with Gasteiger partial charge in [-0.25, -0.2) is 0 Å². The van der Waals surface area contributed by atoms with E-state index in [2.05, 4.69) is 10.2 Å². The summed E-state index contributed by atoms with van der Waals surface area (Å²) in [4.78, 5) is 26.4. The number of nitrogens with zero attached hydrogens (tertiary/aromatic N) is 1. The van der Waals surface area contributed by atoms with Crippen LogP contribution in [0.15, 0.2) is 42.5 Å². The monoisotopic (exact) mass is 402 g/mol. The van der Waals surface area contributed by atoms with Gasteiger partial charge in [-0.2, -0.15) is 0 Å². The maximum atomic E-state index is 12.3. The van der Waals surface area contributed by atoms with E-state index in [9.17, 15) is 9.59 Å². The molecular weight excluding hydrogens is 380 g/mol. The van der Waals surface area contributed by atoms with Crippen LogP contribution < -0.4 is 5.32 Å². The minimum atomic E-state index is -0.870. The summed E-state index contributed by atoms with van der Waals surface area (Å²) in [6.45, 7) is 3.47. The second-order valence-corrected chi connectivity index (χ2v) is 8.04. The largest absolute Gasteiger partial charge is 0.452 e. The van der Waals surface area contributed by atoms with Crippen LogP contribution >= 0.6 is 24.0 Å². The molecule has 1 aliphatic rings. The number of thioether (sulfide) groups is 1. The zero-order valence-electron chi connectivity index (χ0n) is 15.1. The molecule has 5 nitrogen and oxygen atoms in total. The number of esters is 1. The number of ether oxygens (including phenoxy) is 1. The lowest BCUT2D eigenvalue weighted by Crippen LogP contribution is -2.31. The van der Waals surface area contributed by atoms with Gasteiger partial charge >= 0.3 is 5.97 Å². The van der Waals surface area contributed by atoms with Crippen LogP contribution in [0.4, 0.5) is 5.69 Å². The Bertz CT molecular complexity index is 850. The molecule has 1 amide bonds. The van der Waals surface area contributed by atoms with Crippen molar-refractivity contribution in [2.24, 2.45) is 0 Å². The molecule has 0 radical (unpaired) electrons. The van der Waals surface area contributed by atoms with Crippen molar-refractivity contribution in [2.45, 2.75) is 25.9 Å². The number of nitrogens with one attached hydrogen (secondary N) is 1. The van der Waals surface area contributed by atoms with Gasteiger partial charge in [-0.15, -0.1) is 0 Å². The van der Waals surface area contributed by atoms with E-state index in [0.717, 1.165) is 41.0 Å².